The van der Waals surface area contributed by atoms with Crippen LogP contribution in [0.25, 0.3) is 0 Å². The molecule has 164 valence electrons. The zero-order chi connectivity index (χ0) is 22.5. The van der Waals surface area contributed by atoms with E-state index in [1.807, 2.05) is 0 Å². The first kappa shape index (κ1) is 26.9. The second kappa shape index (κ2) is 13.2. The molecule has 0 unspecified atom stereocenters. The summed E-state index contributed by atoms with van der Waals surface area (Å²) < 4.78 is 2.53. The number of hydrogen-bond donors (Lipinski definition) is 2. The fraction of sp³-hybridized carbons (Fsp3) is 0.529. The molecule has 0 radical (unpaired) electrons. The van der Waals surface area contributed by atoms with Crippen LogP contribution in [0.1, 0.15) is 0 Å². The van der Waals surface area contributed by atoms with E-state index >= 15 is 0 Å². The van der Waals surface area contributed by atoms with Gasteiger partial charge in [-0.05, 0) is 12.2 Å². The van der Waals surface area contributed by atoms with Gasteiger partial charge in [0.1, 0.15) is 26.2 Å². The van der Waals surface area contributed by atoms with Gasteiger partial charge in [0.25, 0.3) is 0 Å². The van der Waals surface area contributed by atoms with Gasteiger partial charge in [-0.15, -0.1) is 23.2 Å². The number of alkyl halides is 2. The molecular formula is C17H24Cl2N2O8. The maximum Gasteiger partial charge on any atom is 0.328 e. The summed E-state index contributed by atoms with van der Waals surface area (Å²) in [7, 11) is 0. The van der Waals surface area contributed by atoms with Crippen LogP contribution in [-0.2, 0) is 19.2 Å². The quantitative estimate of drug-likeness (QED) is 0.238. The van der Waals surface area contributed by atoms with Crippen LogP contribution in [-0.4, -0.2) is 101 Å². The van der Waals surface area contributed by atoms with Gasteiger partial charge in [0, 0.05) is 12.2 Å². The Balaban J connectivity index is 0.000000432. The van der Waals surface area contributed by atoms with Crippen molar-refractivity contribution in [1.29, 1.82) is 0 Å². The maximum absolute atomic E-state index is 9.53. The molecule has 0 atom stereocenters. The summed E-state index contributed by atoms with van der Waals surface area (Å²) >= 11 is 11.7. The third-order valence-electron chi connectivity index (χ3n) is 4.54. The van der Waals surface area contributed by atoms with E-state index in [4.69, 9.17) is 33.4 Å². The number of aliphatic carboxylic acids is 4. The molecule has 0 amide bonds. The fourth-order valence-corrected chi connectivity index (χ4v) is 3.93. The van der Waals surface area contributed by atoms with Crippen LogP contribution in [0.5, 0.6) is 0 Å². The second-order valence-electron chi connectivity index (χ2n) is 6.53. The summed E-state index contributed by atoms with van der Waals surface area (Å²) in [5, 5.41) is 34.5. The van der Waals surface area contributed by atoms with Crippen LogP contribution in [0.2, 0.25) is 0 Å². The Labute approximate surface area is 178 Å². The molecule has 2 N–H and O–H groups in total. The molecule has 12 heteroatoms. The minimum Gasteiger partial charge on any atom is -0.545 e. The first-order valence-corrected chi connectivity index (χ1v) is 9.63. The van der Waals surface area contributed by atoms with Crippen molar-refractivity contribution < 1.29 is 48.6 Å². The number of carboxylic acid groups (broad SMARTS) is 4. The number of hydrogen-bond acceptors (Lipinski definition) is 6. The molecule has 0 aromatic carbocycles. The molecule has 29 heavy (non-hydrogen) atoms. The minimum absolute atomic E-state index is 0.447. The van der Waals surface area contributed by atoms with Gasteiger partial charge in [-0.2, -0.15) is 0 Å². The zero-order valence-corrected chi connectivity index (χ0v) is 17.2. The van der Waals surface area contributed by atoms with Crippen LogP contribution in [0.15, 0.2) is 24.3 Å². The van der Waals surface area contributed by atoms with Crippen LogP contribution in [0.4, 0.5) is 0 Å². The van der Waals surface area contributed by atoms with Crippen LogP contribution in [0.3, 0.4) is 0 Å². The van der Waals surface area contributed by atoms with Crippen molar-refractivity contribution in [3.63, 3.8) is 0 Å². The SMILES string of the molecule is ClCC[N+]12CC[N+](CCCl)(CC1)C2.O=C([O-])/C=C\C(=O)O.O=C([O-])/C=C\C(=O)O. The van der Waals surface area contributed by atoms with E-state index in [1.54, 1.807) is 0 Å². The van der Waals surface area contributed by atoms with Crippen molar-refractivity contribution in [2.24, 2.45) is 0 Å². The largest absolute Gasteiger partial charge is 0.545 e. The molecule has 2 saturated heterocycles. The van der Waals surface area contributed by atoms with Crippen LogP contribution < -0.4 is 10.2 Å². The average molecular weight is 455 g/mol. The number of carbonyl (C=O) groups excluding carboxylic acids is 2. The van der Waals surface area contributed by atoms with Gasteiger partial charge in [0.15, 0.2) is 0 Å². The number of quaternary nitrogens is 2. The Morgan fingerprint density at radius 1 is 0.724 bits per heavy atom. The van der Waals surface area contributed by atoms with Crippen molar-refractivity contribution >= 4 is 47.1 Å². The minimum atomic E-state index is -1.51. The maximum atomic E-state index is 9.53. The van der Waals surface area contributed by atoms with Gasteiger partial charge in [-0.1, -0.05) is 0 Å². The van der Waals surface area contributed by atoms with E-state index in [2.05, 4.69) is 0 Å². The predicted octanol–water partition coefficient (Wildman–Crippen LogP) is -2.16. The van der Waals surface area contributed by atoms with Crippen molar-refractivity contribution in [3.8, 4) is 0 Å². The Morgan fingerprint density at radius 2 is 1.03 bits per heavy atom. The van der Waals surface area contributed by atoms with E-state index in [-0.39, 0.29) is 0 Å². The lowest BCUT2D eigenvalue weighted by Crippen LogP contribution is -2.48. The van der Waals surface area contributed by atoms with Crippen molar-refractivity contribution in [2.45, 2.75) is 0 Å². The molecule has 10 nitrogen and oxygen atoms in total. The first-order valence-electron chi connectivity index (χ1n) is 8.56. The number of piperazine rings is 1. The predicted molar refractivity (Wildman–Crippen MR) is 99.6 cm³/mol. The molecule has 2 aliphatic rings. The Bertz CT molecular complexity index is 557. The number of fused-ring (bicyclic) bond motifs is 2. The standard InChI is InChI=1S/C9H18Cl2N2.2C4H4O4/c10-1-3-12-5-7-13(9-12,4-2-11)8-6-12;2*5-3(6)1-2-4(7)8/h1-9H2;2*1-2H,(H,5,6)(H,7,8)/q+2;;/p-2/b;2*2-1-. The van der Waals surface area contributed by atoms with Gasteiger partial charge in [0.2, 0.25) is 6.67 Å². The van der Waals surface area contributed by atoms with Crippen LogP contribution >= 0.6 is 23.2 Å². The summed E-state index contributed by atoms with van der Waals surface area (Å²) in [5.41, 5.74) is 0. The molecule has 2 aliphatic heterocycles. The monoisotopic (exact) mass is 454 g/mol. The van der Waals surface area contributed by atoms with Crippen molar-refractivity contribution in [2.75, 3.05) is 57.7 Å². The van der Waals surface area contributed by atoms with E-state index in [9.17, 15) is 29.4 Å². The topological polar surface area (TPSA) is 155 Å². The molecule has 0 aromatic heterocycles. The number of rotatable bonds is 8. The Hall–Kier alpha value is -2.14. The summed E-state index contributed by atoms with van der Waals surface area (Å²) in [6.45, 7) is 8.90. The molecule has 2 heterocycles. The van der Waals surface area contributed by atoms with Crippen molar-refractivity contribution in [1.82, 2.24) is 0 Å². The summed E-state index contributed by atoms with van der Waals surface area (Å²) in [5.74, 6) is -4.00. The third-order valence-corrected chi connectivity index (χ3v) is 4.88. The molecule has 0 saturated carbocycles. The molecular weight excluding hydrogens is 431 g/mol. The fourth-order valence-electron chi connectivity index (χ4n) is 3.22. The number of carboxylic acids is 4. The first-order chi connectivity index (χ1) is 13.5. The molecule has 0 spiro atoms. The summed E-state index contributed by atoms with van der Waals surface area (Å²) in [6, 6.07) is 0. The lowest BCUT2D eigenvalue weighted by molar-refractivity contribution is -0.985. The van der Waals surface area contributed by atoms with Gasteiger partial charge in [-0.25, -0.2) is 9.59 Å². The second-order valence-corrected chi connectivity index (χ2v) is 7.28. The van der Waals surface area contributed by atoms with Gasteiger partial charge >= 0.3 is 11.9 Å². The number of halogens is 2. The molecule has 2 rings (SSSR count). The smallest absolute Gasteiger partial charge is 0.328 e. The molecule has 0 aromatic rings. The zero-order valence-electron chi connectivity index (χ0n) is 15.7. The normalized spacial score (nSPS) is 24.5. The van der Waals surface area contributed by atoms with E-state index in [0.29, 0.717) is 24.3 Å². The van der Waals surface area contributed by atoms with E-state index in [0.717, 1.165) is 24.8 Å². The summed E-state index contributed by atoms with van der Waals surface area (Å²) in [6.07, 6.45) is 1.88. The van der Waals surface area contributed by atoms with Crippen molar-refractivity contribution in [3.05, 3.63) is 24.3 Å². The number of carbonyl (C=O) groups is 4. The van der Waals surface area contributed by atoms with Gasteiger partial charge in [-0.3, -0.25) is 8.97 Å². The lowest BCUT2D eigenvalue weighted by Gasteiger charge is -2.26. The van der Waals surface area contributed by atoms with Gasteiger partial charge < -0.3 is 30.0 Å². The number of nitrogens with zero attached hydrogens (tertiary/aromatic N) is 2. The Morgan fingerprint density at radius 3 is 1.21 bits per heavy atom. The molecule has 2 fully saturated rings. The lowest BCUT2D eigenvalue weighted by atomic mass is 10.3. The van der Waals surface area contributed by atoms with E-state index < -0.39 is 23.9 Å². The third kappa shape index (κ3) is 11.4. The highest BCUT2D eigenvalue weighted by Crippen LogP contribution is 2.31. The van der Waals surface area contributed by atoms with E-state index in [1.165, 1.54) is 41.8 Å². The highest BCUT2D eigenvalue weighted by Gasteiger charge is 2.54. The molecule has 2 bridgehead atoms. The van der Waals surface area contributed by atoms with Gasteiger partial charge in [0.05, 0.1) is 36.8 Å². The van der Waals surface area contributed by atoms with Crippen LogP contribution in [0, 0.1) is 0 Å². The average Bonchev–Trinajstić information content (AvgIpc) is 3.15. The Kier molecular flexibility index (Phi) is 12.2. The summed E-state index contributed by atoms with van der Waals surface area (Å²) in [4.78, 5) is 37.9. The highest BCUT2D eigenvalue weighted by atomic mass is 35.5. The highest BCUT2D eigenvalue weighted by molar-refractivity contribution is 6.18. The molecule has 0 aliphatic carbocycles.